The fraction of sp³-hybridized carbons (Fsp3) is 0.333. The van der Waals surface area contributed by atoms with Gasteiger partial charge in [0, 0.05) is 36.1 Å². The Hall–Kier alpha value is -3.91. The van der Waals surface area contributed by atoms with Gasteiger partial charge in [-0.1, -0.05) is 11.3 Å². The largest absolute Gasteiger partial charge is 0.494 e. The number of nitrogens with one attached hydrogen (secondary N) is 1. The van der Waals surface area contributed by atoms with Crippen LogP contribution in [0, 0.1) is 6.92 Å². The number of rotatable bonds is 5. The molecule has 0 bridgehead atoms. The zero-order valence-corrected chi connectivity index (χ0v) is 21.1. The van der Waals surface area contributed by atoms with Crippen molar-refractivity contribution in [2.24, 2.45) is 0 Å². The lowest BCUT2D eigenvalue weighted by Crippen LogP contribution is -2.36. The van der Waals surface area contributed by atoms with Crippen molar-refractivity contribution >= 4 is 38.7 Å². The van der Waals surface area contributed by atoms with Crippen molar-refractivity contribution in [1.29, 1.82) is 0 Å². The van der Waals surface area contributed by atoms with Crippen molar-refractivity contribution in [1.82, 2.24) is 24.9 Å². The summed E-state index contributed by atoms with van der Waals surface area (Å²) in [5.41, 5.74) is 0.159. The van der Waals surface area contributed by atoms with E-state index in [0.717, 1.165) is 23.6 Å². The van der Waals surface area contributed by atoms with E-state index in [1.54, 1.807) is 13.1 Å². The Kier molecular flexibility index (Phi) is 6.84. The van der Waals surface area contributed by atoms with Crippen LogP contribution in [0.2, 0.25) is 0 Å². The number of hydrogen-bond donors (Lipinski definition) is 2. The summed E-state index contributed by atoms with van der Waals surface area (Å²) >= 11 is 1.14. The van der Waals surface area contributed by atoms with Gasteiger partial charge in [-0.05, 0) is 31.9 Å². The number of carbonyl (C=O) groups excluding carboxylic acids is 1. The topological polar surface area (TPSA) is 126 Å². The number of amides is 1. The molecule has 2 N–H and O–H groups in total. The number of carbonyl (C=O) groups is 1. The summed E-state index contributed by atoms with van der Waals surface area (Å²) in [5, 5.41) is 12.7. The number of alkyl halides is 3. The first-order valence-corrected chi connectivity index (χ1v) is 12.4. The molecule has 5 heterocycles. The maximum absolute atomic E-state index is 13.4. The molecule has 0 aromatic carbocycles. The highest BCUT2D eigenvalue weighted by Gasteiger charge is 2.34. The second-order valence-electron chi connectivity index (χ2n) is 8.69. The average Bonchev–Trinajstić information content (AvgIpc) is 3.29. The molecule has 0 saturated carbocycles. The summed E-state index contributed by atoms with van der Waals surface area (Å²) in [5.74, 6) is -0.0240. The van der Waals surface area contributed by atoms with Crippen LogP contribution in [-0.4, -0.2) is 62.2 Å². The lowest BCUT2D eigenvalue weighted by molar-refractivity contribution is -0.141. The Labute approximate surface area is 218 Å². The van der Waals surface area contributed by atoms with Crippen molar-refractivity contribution < 1.29 is 27.8 Å². The third-order valence-corrected chi connectivity index (χ3v) is 6.94. The van der Waals surface area contributed by atoms with E-state index in [-0.39, 0.29) is 33.7 Å². The number of pyridine rings is 2. The standard InChI is InChI=1S/C24H22F3N7O3S/c1-12-7-14(15-8-19(24(25,26)27)29-11-18(15)37-2)16(9-28-12)20(36)32-23-31-17-10-30-22(33-21(17)38-23)34-5-3-13(35)4-6-34/h7-11,13,35H,3-6H2,1-2H3,(H,31,32,36). The van der Waals surface area contributed by atoms with Gasteiger partial charge in [-0.2, -0.15) is 18.2 Å². The number of nitrogens with zero attached hydrogens (tertiary/aromatic N) is 6. The summed E-state index contributed by atoms with van der Waals surface area (Å²) < 4.78 is 45.4. The number of ether oxygens (including phenoxy) is 1. The number of hydrogen-bond acceptors (Lipinski definition) is 10. The normalized spacial score (nSPS) is 14.6. The fourth-order valence-electron chi connectivity index (χ4n) is 4.10. The Morgan fingerprint density at radius 3 is 2.58 bits per heavy atom. The molecule has 10 nitrogen and oxygen atoms in total. The minimum absolute atomic E-state index is 0.0335. The first kappa shape index (κ1) is 25.7. The highest BCUT2D eigenvalue weighted by molar-refractivity contribution is 7.22. The van der Waals surface area contributed by atoms with E-state index < -0.39 is 17.8 Å². The van der Waals surface area contributed by atoms with E-state index in [2.05, 4.69) is 30.2 Å². The molecular formula is C24H22F3N7O3S. The van der Waals surface area contributed by atoms with Crippen molar-refractivity contribution in [2.45, 2.75) is 32.0 Å². The monoisotopic (exact) mass is 545 g/mol. The lowest BCUT2D eigenvalue weighted by atomic mass is 9.99. The van der Waals surface area contributed by atoms with Crippen molar-refractivity contribution in [2.75, 3.05) is 30.4 Å². The second kappa shape index (κ2) is 10.1. The van der Waals surface area contributed by atoms with E-state index in [4.69, 9.17) is 4.74 Å². The number of methoxy groups -OCH3 is 1. The fourth-order valence-corrected chi connectivity index (χ4v) is 4.90. The van der Waals surface area contributed by atoms with Gasteiger partial charge in [-0.15, -0.1) is 0 Å². The highest BCUT2D eigenvalue weighted by atomic mass is 32.1. The predicted molar refractivity (Wildman–Crippen MR) is 134 cm³/mol. The van der Waals surface area contributed by atoms with Crippen LogP contribution in [0.1, 0.15) is 34.6 Å². The molecule has 1 fully saturated rings. The summed E-state index contributed by atoms with van der Waals surface area (Å²) in [7, 11) is 1.31. The molecule has 0 atom stereocenters. The van der Waals surface area contributed by atoms with Gasteiger partial charge in [-0.3, -0.25) is 15.1 Å². The van der Waals surface area contributed by atoms with E-state index in [0.29, 0.717) is 47.9 Å². The zero-order valence-electron chi connectivity index (χ0n) is 20.3. The molecule has 14 heteroatoms. The molecule has 0 spiro atoms. The summed E-state index contributed by atoms with van der Waals surface area (Å²) in [6, 6.07) is 2.36. The third kappa shape index (κ3) is 5.22. The molecule has 5 rings (SSSR count). The molecule has 1 aliphatic heterocycles. The number of aromatic nitrogens is 5. The molecular weight excluding hydrogens is 523 g/mol. The maximum Gasteiger partial charge on any atom is 0.433 e. The van der Waals surface area contributed by atoms with E-state index in [1.807, 2.05) is 4.90 Å². The highest BCUT2D eigenvalue weighted by Crippen LogP contribution is 2.37. The van der Waals surface area contributed by atoms with Gasteiger partial charge in [0.25, 0.3) is 5.91 Å². The van der Waals surface area contributed by atoms with Crippen molar-refractivity contribution in [3.63, 3.8) is 0 Å². The van der Waals surface area contributed by atoms with Gasteiger partial charge in [0.05, 0.1) is 31.2 Å². The van der Waals surface area contributed by atoms with Crippen LogP contribution in [0.4, 0.5) is 24.3 Å². The van der Waals surface area contributed by atoms with Crippen LogP contribution in [0.3, 0.4) is 0 Å². The third-order valence-electron chi connectivity index (χ3n) is 6.06. The van der Waals surface area contributed by atoms with E-state index >= 15 is 0 Å². The number of aliphatic hydroxyl groups excluding tert-OH is 1. The number of fused-ring (bicyclic) bond motifs is 1. The smallest absolute Gasteiger partial charge is 0.433 e. The number of aliphatic hydroxyl groups is 1. The van der Waals surface area contributed by atoms with Gasteiger partial charge >= 0.3 is 6.18 Å². The number of anilines is 2. The molecule has 1 saturated heterocycles. The Morgan fingerprint density at radius 2 is 1.87 bits per heavy atom. The number of halogens is 3. The lowest BCUT2D eigenvalue weighted by Gasteiger charge is -2.29. The molecule has 0 unspecified atom stereocenters. The summed E-state index contributed by atoms with van der Waals surface area (Å²) in [6.45, 7) is 2.93. The van der Waals surface area contributed by atoms with Crippen LogP contribution in [-0.2, 0) is 6.18 Å². The van der Waals surface area contributed by atoms with Gasteiger partial charge < -0.3 is 14.7 Å². The van der Waals surface area contributed by atoms with Crippen LogP contribution in [0.5, 0.6) is 5.75 Å². The number of aryl methyl sites for hydroxylation is 1. The van der Waals surface area contributed by atoms with Crippen LogP contribution >= 0.6 is 11.3 Å². The molecule has 198 valence electrons. The summed E-state index contributed by atoms with van der Waals surface area (Å²) in [4.78, 5) is 36.7. The quantitative estimate of drug-likeness (QED) is 0.381. The van der Waals surface area contributed by atoms with Crippen molar-refractivity contribution in [3.8, 4) is 16.9 Å². The zero-order chi connectivity index (χ0) is 27.0. The summed E-state index contributed by atoms with van der Waals surface area (Å²) in [6.07, 6.45) is 0.0875. The average molecular weight is 546 g/mol. The van der Waals surface area contributed by atoms with E-state index in [9.17, 15) is 23.1 Å². The molecule has 1 aliphatic rings. The van der Waals surface area contributed by atoms with Gasteiger partial charge in [0.2, 0.25) is 5.95 Å². The Bertz CT molecular complexity index is 1500. The SMILES string of the molecule is COc1cnc(C(F)(F)F)cc1-c1cc(C)ncc1C(=O)Nc1nc2cnc(N3CCC(O)CC3)nc2s1. The predicted octanol–water partition coefficient (Wildman–Crippen LogP) is 4.09. The van der Waals surface area contributed by atoms with Gasteiger partial charge in [0.15, 0.2) is 9.96 Å². The minimum atomic E-state index is -4.68. The van der Waals surface area contributed by atoms with E-state index in [1.165, 1.54) is 19.4 Å². The number of piperidine rings is 1. The van der Waals surface area contributed by atoms with Gasteiger partial charge in [-0.25, -0.2) is 15.0 Å². The van der Waals surface area contributed by atoms with Crippen LogP contribution < -0.4 is 15.0 Å². The first-order valence-electron chi connectivity index (χ1n) is 11.6. The van der Waals surface area contributed by atoms with Crippen LogP contribution in [0.25, 0.3) is 21.5 Å². The molecule has 4 aromatic heterocycles. The Balaban J connectivity index is 1.45. The van der Waals surface area contributed by atoms with Crippen LogP contribution in [0.15, 0.2) is 30.7 Å². The van der Waals surface area contributed by atoms with Crippen molar-refractivity contribution in [3.05, 3.63) is 47.7 Å². The maximum atomic E-state index is 13.4. The minimum Gasteiger partial charge on any atom is -0.494 e. The number of thiazole rings is 1. The molecule has 4 aromatic rings. The Morgan fingerprint density at radius 1 is 1.11 bits per heavy atom. The molecule has 0 aliphatic carbocycles. The molecule has 38 heavy (non-hydrogen) atoms. The first-order chi connectivity index (χ1) is 18.1. The second-order valence-corrected chi connectivity index (χ2v) is 9.67. The molecule has 0 radical (unpaired) electrons. The van der Waals surface area contributed by atoms with Gasteiger partial charge in [0.1, 0.15) is 17.0 Å². The molecule has 1 amide bonds.